The summed E-state index contributed by atoms with van der Waals surface area (Å²) in [7, 11) is 0. The molecule has 1 nitrogen and oxygen atoms in total. The Morgan fingerprint density at radius 2 is 1.79 bits per heavy atom. The lowest BCUT2D eigenvalue weighted by Crippen LogP contribution is -2.04. The van der Waals surface area contributed by atoms with Crippen molar-refractivity contribution < 1.29 is 9.50 Å². The average Bonchev–Trinajstić information content (AvgIpc) is 2.36. The molecule has 0 radical (unpaired) electrons. The van der Waals surface area contributed by atoms with Crippen molar-refractivity contribution in [2.24, 2.45) is 0 Å². The fourth-order valence-corrected chi connectivity index (χ4v) is 2.67. The third kappa shape index (κ3) is 2.99. The number of halogens is 3. The van der Waals surface area contributed by atoms with Crippen molar-refractivity contribution in [3.05, 3.63) is 67.9 Å². The van der Waals surface area contributed by atoms with Crippen molar-refractivity contribution in [1.29, 1.82) is 0 Å². The standard InChI is InChI=1S/C15H13BrClFO/c1-8-6-14(17)9(2)5-11(8)15(19)12-7-10(18)3-4-13(12)16/h3-7,15,19H,1-2H3. The van der Waals surface area contributed by atoms with Crippen LogP contribution in [0.3, 0.4) is 0 Å². The largest absolute Gasteiger partial charge is 0.384 e. The Morgan fingerprint density at radius 3 is 2.47 bits per heavy atom. The summed E-state index contributed by atoms with van der Waals surface area (Å²) in [5.74, 6) is -0.374. The van der Waals surface area contributed by atoms with Crippen LogP contribution in [-0.4, -0.2) is 5.11 Å². The zero-order valence-electron chi connectivity index (χ0n) is 10.5. The number of aryl methyl sites for hydroxylation is 2. The molecule has 0 fully saturated rings. The smallest absolute Gasteiger partial charge is 0.123 e. The van der Waals surface area contributed by atoms with Gasteiger partial charge in [-0.25, -0.2) is 4.39 Å². The molecule has 0 saturated heterocycles. The molecule has 0 amide bonds. The second-order valence-electron chi connectivity index (χ2n) is 4.53. The highest BCUT2D eigenvalue weighted by atomic mass is 79.9. The lowest BCUT2D eigenvalue weighted by molar-refractivity contribution is 0.218. The van der Waals surface area contributed by atoms with Crippen LogP contribution in [0.5, 0.6) is 0 Å². The molecule has 0 spiro atoms. The normalized spacial score (nSPS) is 12.5. The molecule has 0 heterocycles. The first-order chi connectivity index (χ1) is 8.90. The van der Waals surface area contributed by atoms with Crippen LogP contribution in [0.25, 0.3) is 0 Å². The van der Waals surface area contributed by atoms with Gasteiger partial charge in [-0.3, -0.25) is 0 Å². The highest BCUT2D eigenvalue weighted by Crippen LogP contribution is 2.33. The van der Waals surface area contributed by atoms with E-state index in [0.717, 1.165) is 16.7 Å². The summed E-state index contributed by atoms with van der Waals surface area (Å²) in [6.07, 6.45) is -0.888. The SMILES string of the molecule is Cc1cc(C(O)c2cc(F)ccc2Br)c(C)cc1Cl. The second kappa shape index (κ2) is 5.61. The number of aliphatic hydroxyl groups is 1. The predicted octanol–water partition coefficient (Wildman–Crippen LogP) is 4.94. The Hall–Kier alpha value is -0.900. The summed E-state index contributed by atoms with van der Waals surface area (Å²) in [5, 5.41) is 11.1. The van der Waals surface area contributed by atoms with Gasteiger partial charge in [-0.15, -0.1) is 0 Å². The van der Waals surface area contributed by atoms with Gasteiger partial charge in [0.2, 0.25) is 0 Å². The number of rotatable bonds is 2. The Labute approximate surface area is 125 Å². The van der Waals surface area contributed by atoms with Crippen LogP contribution in [0.1, 0.15) is 28.4 Å². The molecule has 2 rings (SSSR count). The fourth-order valence-electron chi connectivity index (χ4n) is 1.99. The zero-order valence-corrected chi connectivity index (χ0v) is 12.9. The van der Waals surface area contributed by atoms with Crippen LogP contribution in [-0.2, 0) is 0 Å². The minimum absolute atomic E-state index is 0.374. The molecule has 0 aromatic heterocycles. The van der Waals surface area contributed by atoms with Gasteiger partial charge >= 0.3 is 0 Å². The van der Waals surface area contributed by atoms with Crippen LogP contribution in [0.2, 0.25) is 5.02 Å². The first-order valence-electron chi connectivity index (χ1n) is 5.80. The van der Waals surface area contributed by atoms with Gasteiger partial charge in [0.05, 0.1) is 0 Å². The van der Waals surface area contributed by atoms with E-state index in [9.17, 15) is 9.50 Å². The van der Waals surface area contributed by atoms with Gasteiger partial charge in [-0.1, -0.05) is 33.6 Å². The number of hydrogen-bond acceptors (Lipinski definition) is 1. The Morgan fingerprint density at radius 1 is 1.11 bits per heavy atom. The van der Waals surface area contributed by atoms with Gasteiger partial charge < -0.3 is 5.11 Å². The van der Waals surface area contributed by atoms with Gasteiger partial charge in [-0.2, -0.15) is 0 Å². The van der Waals surface area contributed by atoms with Crippen molar-refractivity contribution in [1.82, 2.24) is 0 Å². The first-order valence-corrected chi connectivity index (χ1v) is 6.97. The number of benzene rings is 2. The van der Waals surface area contributed by atoms with Crippen LogP contribution in [0.4, 0.5) is 4.39 Å². The van der Waals surface area contributed by atoms with E-state index in [1.807, 2.05) is 26.0 Å². The Balaban J connectivity index is 2.52. The van der Waals surface area contributed by atoms with E-state index < -0.39 is 6.10 Å². The molecule has 0 aliphatic heterocycles. The lowest BCUT2D eigenvalue weighted by Gasteiger charge is -2.17. The van der Waals surface area contributed by atoms with Crippen LogP contribution in [0, 0.1) is 19.7 Å². The molecule has 0 aliphatic rings. The molecular weight excluding hydrogens is 331 g/mol. The summed E-state index contributed by atoms with van der Waals surface area (Å²) in [6, 6.07) is 7.91. The Bertz CT molecular complexity index is 628. The second-order valence-corrected chi connectivity index (χ2v) is 5.79. The summed E-state index contributed by atoms with van der Waals surface area (Å²) >= 11 is 9.38. The quantitative estimate of drug-likeness (QED) is 0.819. The highest BCUT2D eigenvalue weighted by molar-refractivity contribution is 9.10. The van der Waals surface area contributed by atoms with Gasteiger partial charge in [0.1, 0.15) is 11.9 Å². The Kier molecular flexibility index (Phi) is 4.29. The summed E-state index contributed by atoms with van der Waals surface area (Å²) in [6.45, 7) is 3.75. The molecule has 19 heavy (non-hydrogen) atoms. The first kappa shape index (κ1) is 14.5. The maximum absolute atomic E-state index is 13.3. The van der Waals surface area contributed by atoms with Gasteiger partial charge in [0, 0.05) is 15.1 Å². The topological polar surface area (TPSA) is 20.2 Å². The molecule has 0 aliphatic carbocycles. The molecule has 0 bridgehead atoms. The molecule has 2 aromatic rings. The molecular formula is C15H13BrClFO. The predicted molar refractivity (Wildman–Crippen MR) is 79.1 cm³/mol. The zero-order chi connectivity index (χ0) is 14.2. The number of hydrogen-bond donors (Lipinski definition) is 1. The summed E-state index contributed by atoms with van der Waals surface area (Å²) in [5.41, 5.74) is 2.99. The molecule has 1 unspecified atom stereocenters. The van der Waals surface area contributed by atoms with Crippen molar-refractivity contribution in [2.45, 2.75) is 20.0 Å². The van der Waals surface area contributed by atoms with Crippen molar-refractivity contribution in [3.63, 3.8) is 0 Å². The maximum atomic E-state index is 13.3. The summed E-state index contributed by atoms with van der Waals surface area (Å²) < 4.78 is 14.0. The fraction of sp³-hybridized carbons (Fsp3) is 0.200. The van der Waals surface area contributed by atoms with Gasteiger partial charge in [0.25, 0.3) is 0 Å². The van der Waals surface area contributed by atoms with E-state index in [1.165, 1.54) is 12.1 Å². The average molecular weight is 344 g/mol. The highest BCUT2D eigenvalue weighted by Gasteiger charge is 2.17. The molecule has 0 saturated carbocycles. The molecule has 2 aromatic carbocycles. The summed E-state index contributed by atoms with van der Waals surface area (Å²) in [4.78, 5) is 0. The lowest BCUT2D eigenvalue weighted by atomic mass is 9.96. The number of aliphatic hydroxyl groups excluding tert-OH is 1. The molecule has 1 N–H and O–H groups in total. The van der Waals surface area contributed by atoms with Crippen LogP contribution < -0.4 is 0 Å². The minimum Gasteiger partial charge on any atom is -0.384 e. The van der Waals surface area contributed by atoms with E-state index in [-0.39, 0.29) is 5.82 Å². The van der Waals surface area contributed by atoms with Crippen molar-refractivity contribution in [2.75, 3.05) is 0 Å². The van der Waals surface area contributed by atoms with Crippen molar-refractivity contribution in [3.8, 4) is 0 Å². The van der Waals surface area contributed by atoms with Crippen LogP contribution in [0.15, 0.2) is 34.8 Å². The third-order valence-electron chi connectivity index (χ3n) is 3.09. The third-order valence-corrected chi connectivity index (χ3v) is 4.22. The van der Waals surface area contributed by atoms with E-state index in [2.05, 4.69) is 15.9 Å². The van der Waals surface area contributed by atoms with E-state index in [1.54, 1.807) is 6.07 Å². The minimum atomic E-state index is -0.888. The monoisotopic (exact) mass is 342 g/mol. The van der Waals surface area contributed by atoms with E-state index in [4.69, 9.17) is 11.6 Å². The van der Waals surface area contributed by atoms with Gasteiger partial charge in [0.15, 0.2) is 0 Å². The van der Waals surface area contributed by atoms with E-state index in [0.29, 0.717) is 15.1 Å². The molecule has 100 valence electrons. The maximum Gasteiger partial charge on any atom is 0.123 e. The molecule has 4 heteroatoms. The van der Waals surface area contributed by atoms with Crippen molar-refractivity contribution >= 4 is 27.5 Å². The van der Waals surface area contributed by atoms with E-state index >= 15 is 0 Å². The van der Waals surface area contributed by atoms with Crippen LogP contribution >= 0.6 is 27.5 Å². The van der Waals surface area contributed by atoms with Gasteiger partial charge in [-0.05, 0) is 54.8 Å². The molecule has 1 atom stereocenters.